The van der Waals surface area contributed by atoms with E-state index in [0.29, 0.717) is 12.2 Å². The minimum Gasteiger partial charge on any atom is -0.390 e. The van der Waals surface area contributed by atoms with Gasteiger partial charge in [0.15, 0.2) is 0 Å². The van der Waals surface area contributed by atoms with Crippen molar-refractivity contribution in [2.75, 3.05) is 33.5 Å². The highest BCUT2D eigenvalue weighted by molar-refractivity contribution is 5.77. The van der Waals surface area contributed by atoms with Gasteiger partial charge in [-0.1, -0.05) is 12.1 Å². The van der Waals surface area contributed by atoms with E-state index < -0.39 is 29.7 Å². The predicted octanol–water partition coefficient (Wildman–Crippen LogP) is 2.48. The summed E-state index contributed by atoms with van der Waals surface area (Å²) in [6.45, 7) is 0.532. The maximum atomic E-state index is 13.8. The first kappa shape index (κ1) is 26.9. The lowest BCUT2D eigenvalue weighted by molar-refractivity contribution is -0.127. The highest BCUT2D eigenvalue weighted by Crippen LogP contribution is 2.45. The molecule has 0 radical (unpaired) electrons. The number of aliphatic hydroxyl groups is 1. The number of carbonyl (C=O) groups excluding carboxylic acids is 1. The number of rotatable bonds is 14. The first-order chi connectivity index (χ1) is 17.9. The van der Waals surface area contributed by atoms with E-state index in [1.54, 1.807) is 10.9 Å². The summed E-state index contributed by atoms with van der Waals surface area (Å²) in [4.78, 5) is 12.5. The smallest absolute Gasteiger partial charge is 0.246 e. The molecule has 3 aromatic rings. The van der Waals surface area contributed by atoms with Crippen LogP contribution in [0.1, 0.15) is 24.0 Å². The van der Waals surface area contributed by atoms with Crippen molar-refractivity contribution in [2.24, 2.45) is 0 Å². The Morgan fingerprint density at radius 2 is 1.95 bits per heavy atom. The topological polar surface area (TPSA) is 97.6 Å². The van der Waals surface area contributed by atoms with E-state index in [9.17, 15) is 18.7 Å². The third-order valence-electron chi connectivity index (χ3n) is 6.42. The van der Waals surface area contributed by atoms with Crippen LogP contribution in [0, 0.1) is 11.6 Å². The van der Waals surface area contributed by atoms with Gasteiger partial charge in [-0.3, -0.25) is 4.79 Å². The molecule has 2 unspecified atom stereocenters. The summed E-state index contributed by atoms with van der Waals surface area (Å²) in [5.41, 5.74) is 2.04. The Hall–Kier alpha value is -3.18. The number of benzene rings is 2. The van der Waals surface area contributed by atoms with Crippen molar-refractivity contribution in [2.45, 2.75) is 36.9 Å². The minimum absolute atomic E-state index is 0.0448. The summed E-state index contributed by atoms with van der Waals surface area (Å²) in [5.74, 6) is -1.88. The van der Waals surface area contributed by atoms with Crippen LogP contribution in [0.4, 0.5) is 8.78 Å². The van der Waals surface area contributed by atoms with Crippen molar-refractivity contribution in [3.05, 3.63) is 83.7 Å². The van der Waals surface area contributed by atoms with Gasteiger partial charge in [-0.2, -0.15) is 5.10 Å². The van der Waals surface area contributed by atoms with Gasteiger partial charge in [-0.15, -0.1) is 0 Å². The molecule has 37 heavy (non-hydrogen) atoms. The standard InChI is InChI=1S/C27H32F2N4O4/c1-36-10-11-37-18-26(35)32-24(14-19-12-21(28)16-22(29)13-19)25(34)17-30-27(6-7-27)20-4-2-5-23(15-20)33-9-3-8-31-33/h2-5,8-9,12-13,15-16,24-25,30,34H,6-7,10-11,14,17-18H2,1H3,(H,32,35). The molecule has 0 aliphatic heterocycles. The summed E-state index contributed by atoms with van der Waals surface area (Å²) in [6.07, 6.45) is 4.39. The van der Waals surface area contributed by atoms with Gasteiger partial charge in [0.1, 0.15) is 18.2 Å². The molecule has 1 saturated carbocycles. The van der Waals surface area contributed by atoms with Gasteiger partial charge in [-0.05, 0) is 60.7 Å². The molecule has 1 aliphatic carbocycles. The normalized spacial score (nSPS) is 15.8. The summed E-state index contributed by atoms with van der Waals surface area (Å²) >= 11 is 0. The zero-order valence-corrected chi connectivity index (χ0v) is 20.7. The fourth-order valence-corrected chi connectivity index (χ4v) is 4.32. The number of halogens is 2. The number of nitrogens with one attached hydrogen (secondary N) is 2. The Balaban J connectivity index is 1.43. The van der Waals surface area contributed by atoms with Crippen molar-refractivity contribution < 1.29 is 28.2 Å². The summed E-state index contributed by atoms with van der Waals surface area (Å²) in [5, 5.41) is 21.6. The Morgan fingerprint density at radius 3 is 2.62 bits per heavy atom. The van der Waals surface area contributed by atoms with Crippen LogP contribution in [0.25, 0.3) is 5.69 Å². The van der Waals surface area contributed by atoms with Gasteiger partial charge in [0.05, 0.1) is 31.0 Å². The van der Waals surface area contributed by atoms with E-state index in [2.05, 4.69) is 21.8 Å². The van der Waals surface area contributed by atoms with Gasteiger partial charge in [0, 0.05) is 37.7 Å². The highest BCUT2D eigenvalue weighted by atomic mass is 19.1. The molecule has 3 N–H and O–H groups in total. The molecule has 2 atom stereocenters. The van der Waals surface area contributed by atoms with Crippen LogP contribution in [0.5, 0.6) is 0 Å². The van der Waals surface area contributed by atoms with E-state index in [1.165, 1.54) is 19.2 Å². The molecule has 1 heterocycles. The number of carbonyl (C=O) groups is 1. The molecule has 198 valence electrons. The highest BCUT2D eigenvalue weighted by Gasteiger charge is 2.44. The largest absolute Gasteiger partial charge is 0.390 e. The van der Waals surface area contributed by atoms with E-state index >= 15 is 0 Å². The predicted molar refractivity (Wildman–Crippen MR) is 133 cm³/mol. The Labute approximate surface area is 214 Å². The van der Waals surface area contributed by atoms with Crippen molar-refractivity contribution in [1.29, 1.82) is 0 Å². The van der Waals surface area contributed by atoms with Gasteiger partial charge >= 0.3 is 0 Å². The van der Waals surface area contributed by atoms with Crippen LogP contribution >= 0.6 is 0 Å². The second kappa shape index (κ2) is 12.4. The molecule has 1 amide bonds. The number of methoxy groups -OCH3 is 1. The molecule has 1 fully saturated rings. The first-order valence-electron chi connectivity index (χ1n) is 12.2. The van der Waals surface area contributed by atoms with Crippen molar-refractivity contribution in [1.82, 2.24) is 20.4 Å². The second-order valence-corrected chi connectivity index (χ2v) is 9.23. The van der Waals surface area contributed by atoms with Crippen molar-refractivity contribution in [3.8, 4) is 5.69 Å². The van der Waals surface area contributed by atoms with Gasteiger partial charge < -0.3 is 25.2 Å². The maximum absolute atomic E-state index is 13.8. The number of nitrogens with zero attached hydrogens (tertiary/aromatic N) is 2. The molecule has 8 nitrogen and oxygen atoms in total. The molecule has 1 aliphatic rings. The fourth-order valence-electron chi connectivity index (χ4n) is 4.32. The summed E-state index contributed by atoms with van der Waals surface area (Å²) < 4.78 is 39.5. The number of aliphatic hydroxyl groups excluding tert-OH is 1. The minimum atomic E-state index is -1.03. The Morgan fingerprint density at radius 1 is 1.16 bits per heavy atom. The molecule has 2 aromatic carbocycles. The monoisotopic (exact) mass is 514 g/mol. The van der Waals surface area contributed by atoms with Crippen molar-refractivity contribution in [3.63, 3.8) is 0 Å². The lowest BCUT2D eigenvalue weighted by Gasteiger charge is -2.27. The number of amides is 1. The summed E-state index contributed by atoms with van der Waals surface area (Å²) in [7, 11) is 1.53. The molecule has 10 heteroatoms. The summed E-state index contributed by atoms with van der Waals surface area (Å²) in [6, 6.07) is 12.3. The van der Waals surface area contributed by atoms with Gasteiger partial charge in [0.2, 0.25) is 5.91 Å². The number of hydrogen-bond acceptors (Lipinski definition) is 6. The van der Waals surface area contributed by atoms with E-state index in [4.69, 9.17) is 9.47 Å². The first-order valence-corrected chi connectivity index (χ1v) is 12.2. The average Bonchev–Trinajstić information content (AvgIpc) is 3.47. The quantitative estimate of drug-likeness (QED) is 0.286. The van der Waals surface area contributed by atoms with Gasteiger partial charge in [-0.25, -0.2) is 13.5 Å². The zero-order chi connectivity index (χ0) is 26.3. The maximum Gasteiger partial charge on any atom is 0.246 e. The van der Waals surface area contributed by atoms with E-state index in [-0.39, 0.29) is 31.7 Å². The van der Waals surface area contributed by atoms with Crippen LogP contribution in [0.15, 0.2) is 60.9 Å². The van der Waals surface area contributed by atoms with Gasteiger partial charge in [0.25, 0.3) is 0 Å². The molecule has 4 rings (SSSR count). The molecule has 1 aromatic heterocycles. The average molecular weight is 515 g/mol. The Bertz CT molecular complexity index is 1150. The number of hydrogen-bond donors (Lipinski definition) is 3. The van der Waals surface area contributed by atoms with Crippen LogP contribution in [-0.2, 0) is 26.2 Å². The Kier molecular flexibility index (Phi) is 8.99. The SMILES string of the molecule is COCCOCC(=O)NC(Cc1cc(F)cc(F)c1)C(O)CNC1(c2cccc(-n3cccn3)c2)CC1. The van der Waals surface area contributed by atoms with E-state index in [0.717, 1.165) is 30.2 Å². The zero-order valence-electron chi connectivity index (χ0n) is 20.7. The van der Waals surface area contributed by atoms with Crippen LogP contribution in [-0.4, -0.2) is 66.4 Å². The molecular formula is C27H32F2N4O4. The molecule has 0 spiro atoms. The molecule has 0 saturated heterocycles. The lowest BCUT2D eigenvalue weighted by Crippen LogP contribution is -2.51. The van der Waals surface area contributed by atoms with Crippen LogP contribution < -0.4 is 10.6 Å². The fraction of sp³-hybridized carbons (Fsp3) is 0.407. The molecular weight excluding hydrogens is 482 g/mol. The lowest BCUT2D eigenvalue weighted by atomic mass is 9.99. The second-order valence-electron chi connectivity index (χ2n) is 9.23. The third-order valence-corrected chi connectivity index (χ3v) is 6.42. The van der Waals surface area contributed by atoms with Crippen LogP contribution in [0.3, 0.4) is 0 Å². The third kappa shape index (κ3) is 7.42. The van der Waals surface area contributed by atoms with E-state index in [1.807, 2.05) is 30.5 Å². The molecule has 0 bridgehead atoms. The van der Waals surface area contributed by atoms with Crippen LogP contribution in [0.2, 0.25) is 0 Å². The number of aromatic nitrogens is 2. The van der Waals surface area contributed by atoms with Crippen molar-refractivity contribution >= 4 is 5.91 Å². The number of ether oxygens (including phenoxy) is 2.